The molecule has 1 aliphatic carbocycles. The molecule has 1 aromatic heterocycles. The van der Waals surface area contributed by atoms with Crippen LogP contribution in [0.5, 0.6) is 0 Å². The summed E-state index contributed by atoms with van der Waals surface area (Å²) in [7, 11) is 0. The van der Waals surface area contributed by atoms with Crippen LogP contribution in [0.4, 0.5) is 0 Å². The topological polar surface area (TPSA) is 32.9 Å². The summed E-state index contributed by atoms with van der Waals surface area (Å²) in [5, 5.41) is 0. The average molecular weight is 343 g/mol. The number of aromatic nitrogens is 1. The van der Waals surface area contributed by atoms with Crippen LogP contribution in [-0.4, -0.2) is 10.8 Å². The normalized spacial score (nSPS) is 15.0. The van der Waals surface area contributed by atoms with Crippen molar-refractivity contribution in [2.75, 3.05) is 0 Å². The van der Waals surface area contributed by atoms with Gasteiger partial charge in [-0.3, -0.25) is 4.79 Å². The van der Waals surface area contributed by atoms with Gasteiger partial charge in [0.2, 0.25) is 0 Å². The molecule has 2 heteroatoms. The molecule has 0 fully saturated rings. The van der Waals surface area contributed by atoms with Gasteiger partial charge in [-0.25, -0.2) is 0 Å². The van der Waals surface area contributed by atoms with Crippen molar-refractivity contribution in [3.63, 3.8) is 0 Å². The second kappa shape index (κ2) is 8.01. The van der Waals surface area contributed by atoms with E-state index < -0.39 is 0 Å². The van der Waals surface area contributed by atoms with E-state index in [0.717, 1.165) is 40.9 Å². The number of ketones is 1. The molecule has 0 unspecified atom stereocenters. The number of hydrogen-bond donors (Lipinski definition) is 1. The number of allylic oxidation sites excluding steroid dienone is 6. The lowest BCUT2D eigenvalue weighted by Crippen LogP contribution is -2.08. The first-order valence-corrected chi connectivity index (χ1v) is 9.11. The van der Waals surface area contributed by atoms with Crippen molar-refractivity contribution in [3.8, 4) is 0 Å². The summed E-state index contributed by atoms with van der Waals surface area (Å²) in [4.78, 5) is 15.5. The summed E-state index contributed by atoms with van der Waals surface area (Å²) in [6, 6.07) is 10.3. The van der Waals surface area contributed by atoms with Crippen molar-refractivity contribution in [3.05, 3.63) is 94.9 Å². The van der Waals surface area contributed by atoms with Gasteiger partial charge in [0.25, 0.3) is 0 Å². The van der Waals surface area contributed by atoms with E-state index >= 15 is 0 Å². The molecule has 0 saturated carbocycles. The Morgan fingerprint density at radius 3 is 2.73 bits per heavy atom. The number of Topliss-reactive ketones (excluding diaryl/α,β-unsaturated/α-hetero) is 1. The van der Waals surface area contributed by atoms with Gasteiger partial charge < -0.3 is 4.98 Å². The van der Waals surface area contributed by atoms with Crippen molar-refractivity contribution in [1.82, 2.24) is 4.98 Å². The Labute approximate surface area is 155 Å². The molecule has 0 aliphatic heterocycles. The molecule has 0 saturated heterocycles. The zero-order valence-electron chi connectivity index (χ0n) is 15.5. The first-order chi connectivity index (χ1) is 12.6. The second-order valence-corrected chi connectivity index (χ2v) is 6.72. The van der Waals surface area contributed by atoms with Crippen molar-refractivity contribution >= 4 is 17.4 Å². The first-order valence-electron chi connectivity index (χ1n) is 9.11. The lowest BCUT2D eigenvalue weighted by atomic mass is 9.96. The number of H-pyrrole nitrogens is 1. The van der Waals surface area contributed by atoms with Crippen LogP contribution in [0.2, 0.25) is 0 Å². The highest BCUT2D eigenvalue weighted by atomic mass is 16.1. The maximum absolute atomic E-state index is 12.1. The molecule has 1 heterocycles. The Morgan fingerprint density at radius 1 is 1.19 bits per heavy atom. The van der Waals surface area contributed by atoms with Crippen LogP contribution >= 0.6 is 0 Å². The lowest BCUT2D eigenvalue weighted by Gasteiger charge is -2.08. The van der Waals surface area contributed by atoms with Gasteiger partial charge in [-0.1, -0.05) is 55.1 Å². The standard InChI is InChI=1S/C24H25NO/c1-4-8-20(23-16-21-22(25-23)11-7-12-24(21)26)15-17(2)13-14-19-10-6-5-9-18(19)3/h4-6,8-10,13-16,25H,2,7,11-12H2,1,3H3/b8-4-,14-13-,20-15+. The second-order valence-electron chi connectivity index (χ2n) is 6.72. The third-order valence-electron chi connectivity index (χ3n) is 4.69. The van der Waals surface area contributed by atoms with Gasteiger partial charge in [0.1, 0.15) is 0 Å². The van der Waals surface area contributed by atoms with E-state index in [9.17, 15) is 4.79 Å². The smallest absolute Gasteiger partial charge is 0.164 e. The first kappa shape index (κ1) is 17.9. The molecule has 1 N–H and O–H groups in total. The Hall–Kier alpha value is -2.87. The van der Waals surface area contributed by atoms with Crippen LogP contribution in [0.25, 0.3) is 11.6 Å². The molecule has 1 aliphatic rings. The molecule has 1 aromatic carbocycles. The van der Waals surface area contributed by atoms with Crippen LogP contribution in [0.15, 0.2) is 66.8 Å². The summed E-state index contributed by atoms with van der Waals surface area (Å²) in [6.07, 6.45) is 12.7. The van der Waals surface area contributed by atoms with Crippen LogP contribution in [0, 0.1) is 6.92 Å². The fraction of sp³-hybridized carbons (Fsp3) is 0.208. The average Bonchev–Trinajstić information content (AvgIpc) is 3.06. The molecule has 0 spiro atoms. The zero-order valence-corrected chi connectivity index (χ0v) is 15.5. The molecule has 132 valence electrons. The van der Waals surface area contributed by atoms with Gasteiger partial charge in [-0.05, 0) is 61.1 Å². The predicted molar refractivity (Wildman–Crippen MR) is 110 cm³/mol. The summed E-state index contributed by atoms with van der Waals surface area (Å²) in [6.45, 7) is 8.26. The third-order valence-corrected chi connectivity index (χ3v) is 4.69. The molecular weight excluding hydrogens is 318 g/mol. The highest BCUT2D eigenvalue weighted by Crippen LogP contribution is 2.26. The van der Waals surface area contributed by atoms with E-state index in [1.54, 1.807) is 0 Å². The van der Waals surface area contributed by atoms with E-state index in [1.165, 1.54) is 11.1 Å². The van der Waals surface area contributed by atoms with Crippen LogP contribution < -0.4 is 0 Å². The van der Waals surface area contributed by atoms with Crippen molar-refractivity contribution in [1.29, 1.82) is 0 Å². The highest BCUT2D eigenvalue weighted by Gasteiger charge is 2.20. The SMILES string of the molecule is C=C(/C=C\c1ccccc1C)/C=C(\C=C/C)c1cc2c([nH]1)CCCC2=O. The number of carbonyl (C=O) groups is 1. The van der Waals surface area contributed by atoms with E-state index in [4.69, 9.17) is 0 Å². The summed E-state index contributed by atoms with van der Waals surface area (Å²) < 4.78 is 0. The minimum Gasteiger partial charge on any atom is -0.358 e. The Kier molecular flexibility index (Phi) is 5.52. The largest absolute Gasteiger partial charge is 0.358 e. The fourth-order valence-corrected chi connectivity index (χ4v) is 3.27. The van der Waals surface area contributed by atoms with Crippen LogP contribution in [0.1, 0.15) is 52.6 Å². The number of fused-ring (bicyclic) bond motifs is 1. The van der Waals surface area contributed by atoms with Crippen molar-refractivity contribution in [2.24, 2.45) is 0 Å². The highest BCUT2D eigenvalue weighted by molar-refractivity contribution is 5.99. The summed E-state index contributed by atoms with van der Waals surface area (Å²) in [5.74, 6) is 0.242. The van der Waals surface area contributed by atoms with Crippen molar-refractivity contribution in [2.45, 2.75) is 33.1 Å². The van der Waals surface area contributed by atoms with Crippen LogP contribution in [0.3, 0.4) is 0 Å². The molecule has 0 radical (unpaired) electrons. The molecule has 2 aromatic rings. The minimum absolute atomic E-state index is 0.242. The van der Waals surface area contributed by atoms with E-state index in [-0.39, 0.29) is 5.78 Å². The van der Waals surface area contributed by atoms with Gasteiger partial charge in [-0.2, -0.15) is 0 Å². The number of aryl methyl sites for hydroxylation is 2. The van der Waals surface area contributed by atoms with Gasteiger partial charge in [0.05, 0.1) is 0 Å². The summed E-state index contributed by atoms with van der Waals surface area (Å²) in [5.41, 5.74) is 7.28. The maximum Gasteiger partial charge on any atom is 0.164 e. The molecule has 2 nitrogen and oxygen atoms in total. The zero-order chi connectivity index (χ0) is 18.5. The number of carbonyl (C=O) groups excluding carboxylic acids is 1. The Morgan fingerprint density at radius 2 is 2.00 bits per heavy atom. The number of nitrogens with one attached hydrogen (secondary N) is 1. The Balaban J connectivity index is 1.87. The quantitative estimate of drug-likeness (QED) is 0.657. The van der Waals surface area contributed by atoms with Gasteiger partial charge in [-0.15, -0.1) is 0 Å². The number of benzene rings is 1. The number of rotatable bonds is 5. The lowest BCUT2D eigenvalue weighted by molar-refractivity contribution is 0.0972. The molecule has 3 rings (SSSR count). The van der Waals surface area contributed by atoms with Gasteiger partial charge in [0, 0.05) is 23.4 Å². The molecule has 0 amide bonds. The minimum atomic E-state index is 0.242. The predicted octanol–water partition coefficient (Wildman–Crippen LogP) is 6.07. The van der Waals surface area contributed by atoms with E-state index in [1.807, 2.05) is 37.3 Å². The van der Waals surface area contributed by atoms with Crippen molar-refractivity contribution < 1.29 is 4.79 Å². The van der Waals surface area contributed by atoms with E-state index in [2.05, 4.69) is 48.8 Å². The molecule has 26 heavy (non-hydrogen) atoms. The van der Waals surface area contributed by atoms with Gasteiger partial charge in [0.15, 0.2) is 5.78 Å². The number of hydrogen-bond acceptors (Lipinski definition) is 1. The Bertz CT molecular complexity index is 921. The monoisotopic (exact) mass is 343 g/mol. The summed E-state index contributed by atoms with van der Waals surface area (Å²) >= 11 is 0. The van der Waals surface area contributed by atoms with Crippen LogP contribution in [-0.2, 0) is 6.42 Å². The third kappa shape index (κ3) is 4.02. The number of aromatic amines is 1. The van der Waals surface area contributed by atoms with Gasteiger partial charge >= 0.3 is 0 Å². The molecular formula is C24H25NO. The molecule has 0 bridgehead atoms. The van der Waals surface area contributed by atoms with E-state index in [0.29, 0.717) is 6.42 Å². The fourth-order valence-electron chi connectivity index (χ4n) is 3.27. The molecule has 0 atom stereocenters. The maximum atomic E-state index is 12.1.